The van der Waals surface area contributed by atoms with E-state index < -0.39 is 0 Å². The smallest absolute Gasteiger partial charge is 0.271 e. The molecular formula is C25H27Br2FN6O. The first kappa shape index (κ1) is 25.5. The van der Waals surface area contributed by atoms with Crippen molar-refractivity contribution in [2.45, 2.75) is 19.5 Å². The van der Waals surface area contributed by atoms with Crippen molar-refractivity contribution in [1.29, 1.82) is 0 Å². The lowest BCUT2D eigenvalue weighted by molar-refractivity contribution is 0.0771. The third kappa shape index (κ3) is 5.34. The van der Waals surface area contributed by atoms with E-state index in [1.165, 1.54) is 6.07 Å². The van der Waals surface area contributed by atoms with Crippen LogP contribution in [0, 0.1) is 5.82 Å². The van der Waals surface area contributed by atoms with Crippen molar-refractivity contribution >= 4 is 48.7 Å². The quantitative estimate of drug-likeness (QED) is 0.275. The van der Waals surface area contributed by atoms with E-state index >= 15 is 0 Å². The van der Waals surface area contributed by atoms with Gasteiger partial charge in [0, 0.05) is 44.6 Å². The molecular weight excluding hydrogens is 579 g/mol. The number of hydrogen-bond donors (Lipinski definition) is 0. The van der Waals surface area contributed by atoms with Crippen LogP contribution in [-0.2, 0) is 13.6 Å². The molecule has 10 heteroatoms. The van der Waals surface area contributed by atoms with Gasteiger partial charge in [-0.3, -0.25) is 9.69 Å². The Morgan fingerprint density at radius 3 is 2.60 bits per heavy atom. The number of rotatable bonds is 8. The summed E-state index contributed by atoms with van der Waals surface area (Å²) in [5.74, 6) is -0.327. The second-order valence-electron chi connectivity index (χ2n) is 8.74. The van der Waals surface area contributed by atoms with Gasteiger partial charge in [0.25, 0.3) is 5.91 Å². The number of para-hydroxylation sites is 1. The zero-order valence-corrected chi connectivity index (χ0v) is 23.2. The maximum atomic E-state index is 13.6. The molecule has 1 atom stereocenters. The SMILES string of the molecule is C[C@H](c1ccc(F)c(Br)c1)n1cc(CN(C)CCN(C)C(=O)c2c(Br)c3ccccc3n2C)nn1. The van der Waals surface area contributed by atoms with Gasteiger partial charge >= 0.3 is 0 Å². The van der Waals surface area contributed by atoms with Crippen LogP contribution in [-0.4, -0.2) is 62.5 Å². The first-order valence-corrected chi connectivity index (χ1v) is 12.8. The summed E-state index contributed by atoms with van der Waals surface area (Å²) in [5.41, 5.74) is 3.41. The average Bonchev–Trinajstić information content (AvgIpc) is 3.41. The zero-order chi connectivity index (χ0) is 25.3. The van der Waals surface area contributed by atoms with Gasteiger partial charge in [0.05, 0.1) is 26.9 Å². The Bertz CT molecular complexity index is 1330. The van der Waals surface area contributed by atoms with Gasteiger partial charge in [-0.05, 0) is 69.6 Å². The monoisotopic (exact) mass is 604 g/mol. The molecule has 0 unspecified atom stereocenters. The highest BCUT2D eigenvalue weighted by Crippen LogP contribution is 2.31. The molecule has 0 saturated carbocycles. The summed E-state index contributed by atoms with van der Waals surface area (Å²) in [4.78, 5) is 17.0. The molecule has 7 nitrogen and oxygen atoms in total. The highest BCUT2D eigenvalue weighted by molar-refractivity contribution is 9.11. The van der Waals surface area contributed by atoms with Gasteiger partial charge < -0.3 is 9.47 Å². The molecule has 0 aliphatic heterocycles. The minimum atomic E-state index is -0.293. The number of hydrogen-bond acceptors (Lipinski definition) is 4. The molecule has 4 rings (SSSR count). The van der Waals surface area contributed by atoms with Crippen LogP contribution in [0.1, 0.15) is 34.7 Å². The first-order valence-electron chi connectivity index (χ1n) is 11.2. The maximum absolute atomic E-state index is 13.6. The molecule has 35 heavy (non-hydrogen) atoms. The van der Waals surface area contributed by atoms with Gasteiger partial charge in [-0.2, -0.15) is 0 Å². The Labute approximate surface area is 220 Å². The van der Waals surface area contributed by atoms with E-state index in [2.05, 4.69) is 47.1 Å². The Hall–Kier alpha value is -2.56. The van der Waals surface area contributed by atoms with Gasteiger partial charge in [-0.25, -0.2) is 9.07 Å². The van der Waals surface area contributed by atoms with Crippen LogP contribution in [0.5, 0.6) is 0 Å². The van der Waals surface area contributed by atoms with Crippen LogP contribution in [0.25, 0.3) is 10.9 Å². The summed E-state index contributed by atoms with van der Waals surface area (Å²) in [7, 11) is 5.72. The van der Waals surface area contributed by atoms with E-state index in [1.54, 1.807) is 21.7 Å². The zero-order valence-electron chi connectivity index (χ0n) is 20.0. The topological polar surface area (TPSA) is 59.2 Å². The van der Waals surface area contributed by atoms with Crippen LogP contribution in [0.2, 0.25) is 0 Å². The molecule has 0 fully saturated rings. The van der Waals surface area contributed by atoms with Crippen molar-refractivity contribution in [3.63, 3.8) is 0 Å². The van der Waals surface area contributed by atoms with Crippen molar-refractivity contribution in [3.05, 3.63) is 80.4 Å². The number of aromatic nitrogens is 4. The minimum absolute atomic E-state index is 0.0331. The van der Waals surface area contributed by atoms with Gasteiger partial charge in [0.2, 0.25) is 0 Å². The molecule has 2 aromatic heterocycles. The number of carbonyl (C=O) groups excluding carboxylic acids is 1. The highest BCUT2D eigenvalue weighted by atomic mass is 79.9. The van der Waals surface area contributed by atoms with Crippen molar-refractivity contribution < 1.29 is 9.18 Å². The fourth-order valence-corrected chi connectivity index (χ4v) is 5.21. The standard InChI is InChI=1S/C25H27Br2FN6O/c1-16(17-9-10-21(28)20(26)13-17)34-15-18(29-30-34)14-31(2)11-12-32(3)25(35)24-23(27)19-7-5-6-8-22(19)33(24)4/h5-10,13,15-16H,11-12,14H2,1-4H3/t16-/m1/s1. The fourth-order valence-electron chi connectivity index (χ4n) is 4.04. The second-order valence-corrected chi connectivity index (χ2v) is 10.4. The van der Waals surface area contributed by atoms with E-state index in [-0.39, 0.29) is 17.8 Å². The van der Waals surface area contributed by atoms with Crippen LogP contribution < -0.4 is 0 Å². The molecule has 4 aromatic rings. The predicted octanol–water partition coefficient (Wildman–Crippen LogP) is 5.25. The molecule has 0 aliphatic rings. The van der Waals surface area contributed by atoms with E-state index in [0.717, 1.165) is 26.6 Å². The Morgan fingerprint density at radius 2 is 1.89 bits per heavy atom. The number of aryl methyl sites for hydroxylation is 1. The van der Waals surface area contributed by atoms with Crippen LogP contribution in [0.3, 0.4) is 0 Å². The third-order valence-corrected chi connectivity index (χ3v) is 7.63. The average molecular weight is 606 g/mol. The molecule has 0 saturated heterocycles. The van der Waals surface area contributed by atoms with Gasteiger partial charge in [0.1, 0.15) is 11.5 Å². The lowest BCUT2D eigenvalue weighted by atomic mass is 10.1. The molecule has 2 heterocycles. The lowest BCUT2D eigenvalue weighted by Gasteiger charge is -2.22. The maximum Gasteiger partial charge on any atom is 0.271 e. The number of benzene rings is 2. The summed E-state index contributed by atoms with van der Waals surface area (Å²) in [6.07, 6.45) is 1.90. The van der Waals surface area contributed by atoms with Crippen LogP contribution >= 0.6 is 31.9 Å². The summed E-state index contributed by atoms with van der Waals surface area (Å²) >= 11 is 6.85. The lowest BCUT2D eigenvalue weighted by Crippen LogP contribution is -2.35. The van der Waals surface area contributed by atoms with E-state index in [0.29, 0.717) is 29.8 Å². The van der Waals surface area contributed by atoms with Crippen molar-refractivity contribution in [2.75, 3.05) is 27.2 Å². The van der Waals surface area contributed by atoms with Crippen LogP contribution in [0.15, 0.2) is 57.6 Å². The van der Waals surface area contributed by atoms with Crippen molar-refractivity contribution in [3.8, 4) is 0 Å². The molecule has 0 bridgehead atoms. The largest absolute Gasteiger partial charge is 0.339 e. The van der Waals surface area contributed by atoms with E-state index in [4.69, 9.17) is 0 Å². The van der Waals surface area contributed by atoms with E-state index in [9.17, 15) is 9.18 Å². The number of halogens is 3. The van der Waals surface area contributed by atoms with Crippen LogP contribution in [0.4, 0.5) is 4.39 Å². The summed E-state index contributed by atoms with van der Waals surface area (Å²) in [5, 5.41) is 9.58. The number of amides is 1. The fraction of sp³-hybridized carbons (Fsp3) is 0.320. The third-order valence-electron chi connectivity index (χ3n) is 6.22. The number of likely N-dealkylation sites (N-methyl/N-ethyl adjacent to an activating group) is 2. The molecule has 184 valence electrons. The molecule has 2 aromatic carbocycles. The minimum Gasteiger partial charge on any atom is -0.339 e. The first-order chi connectivity index (χ1) is 16.7. The number of nitrogens with zero attached hydrogens (tertiary/aromatic N) is 6. The van der Waals surface area contributed by atoms with Gasteiger partial charge in [0.15, 0.2) is 0 Å². The Morgan fingerprint density at radius 1 is 1.14 bits per heavy atom. The summed E-state index contributed by atoms with van der Waals surface area (Å²) in [6.45, 7) is 3.84. The molecule has 0 spiro atoms. The number of carbonyl (C=O) groups is 1. The molecule has 0 N–H and O–H groups in total. The highest BCUT2D eigenvalue weighted by Gasteiger charge is 2.22. The molecule has 1 amide bonds. The predicted molar refractivity (Wildman–Crippen MR) is 142 cm³/mol. The molecule has 0 aliphatic carbocycles. The molecule has 0 radical (unpaired) electrons. The Kier molecular flexibility index (Phi) is 7.73. The second kappa shape index (κ2) is 10.6. The van der Waals surface area contributed by atoms with Gasteiger partial charge in [-0.15, -0.1) is 5.10 Å². The van der Waals surface area contributed by atoms with Gasteiger partial charge in [-0.1, -0.05) is 29.5 Å². The van der Waals surface area contributed by atoms with Crippen molar-refractivity contribution in [2.24, 2.45) is 7.05 Å². The summed E-state index contributed by atoms with van der Waals surface area (Å²) < 4.78 is 18.5. The summed E-state index contributed by atoms with van der Waals surface area (Å²) in [6, 6.07) is 12.8. The Balaban J connectivity index is 1.36. The normalized spacial score (nSPS) is 12.5. The van der Waals surface area contributed by atoms with Crippen molar-refractivity contribution in [1.82, 2.24) is 29.4 Å². The number of fused-ring (bicyclic) bond motifs is 1. The van der Waals surface area contributed by atoms with E-state index in [1.807, 2.05) is 63.1 Å².